The molecule has 1 unspecified atom stereocenters. The minimum Gasteiger partial charge on any atom is -0.351 e. The molecule has 13 heteroatoms. The van der Waals surface area contributed by atoms with Gasteiger partial charge in [0, 0.05) is 53.5 Å². The van der Waals surface area contributed by atoms with Crippen LogP contribution in [0.5, 0.6) is 0 Å². The highest BCUT2D eigenvalue weighted by atomic mass is 32.2. The molecule has 3 fully saturated rings. The van der Waals surface area contributed by atoms with Gasteiger partial charge in [0.15, 0.2) is 0 Å². The number of aromatic nitrogens is 4. The second-order valence-electron chi connectivity index (χ2n) is 11.5. The minimum absolute atomic E-state index is 0.0121. The van der Waals surface area contributed by atoms with Crippen molar-refractivity contribution in [3.63, 3.8) is 0 Å². The highest BCUT2D eigenvalue weighted by Crippen LogP contribution is 2.48. The Hall–Kier alpha value is -2.51. The van der Waals surface area contributed by atoms with E-state index in [0.29, 0.717) is 5.92 Å². The molecule has 1 aromatic rings. The molecule has 0 bridgehead atoms. The Labute approximate surface area is 221 Å². The van der Waals surface area contributed by atoms with E-state index >= 15 is 0 Å². The standard InChI is InChI=1S/C24H37N9O3S/c1-13-18(37-16-7-17(26-8-16)22(35)31-6-5-15(9-31)24(3,4)25)10-33-21(13)20(23(33)36)14(2)28-19(34)11-32-12-27-29-30-32/h10,12-17,20-21,26H,5-9,11,25H2,1-4H3,(H,28,34)/t13-,14+,15?,16-,17-,20+,21+/m0/s1. The molecule has 3 amide bonds. The van der Waals surface area contributed by atoms with Crippen molar-refractivity contribution < 1.29 is 14.4 Å². The second-order valence-corrected chi connectivity index (χ2v) is 12.8. The maximum atomic E-state index is 13.1. The molecule has 7 atom stereocenters. The van der Waals surface area contributed by atoms with Gasteiger partial charge in [-0.25, -0.2) is 4.68 Å². The third kappa shape index (κ3) is 5.13. The van der Waals surface area contributed by atoms with Crippen molar-refractivity contribution in [1.29, 1.82) is 0 Å². The molecule has 1 aromatic heterocycles. The van der Waals surface area contributed by atoms with Crippen molar-refractivity contribution in [1.82, 2.24) is 40.6 Å². The van der Waals surface area contributed by atoms with Gasteiger partial charge in [0.2, 0.25) is 17.7 Å². The first-order valence-corrected chi connectivity index (χ1v) is 13.9. The Bertz CT molecular complexity index is 1070. The van der Waals surface area contributed by atoms with Crippen LogP contribution in [0.4, 0.5) is 0 Å². The summed E-state index contributed by atoms with van der Waals surface area (Å²) >= 11 is 1.77. The van der Waals surface area contributed by atoms with Gasteiger partial charge in [-0.2, -0.15) is 0 Å². The Balaban J connectivity index is 1.12. The van der Waals surface area contributed by atoms with E-state index in [9.17, 15) is 14.4 Å². The van der Waals surface area contributed by atoms with Crippen LogP contribution in [0.15, 0.2) is 17.4 Å². The predicted octanol–water partition coefficient (Wildman–Crippen LogP) is -0.455. The quantitative estimate of drug-likeness (QED) is 0.379. The van der Waals surface area contributed by atoms with Gasteiger partial charge in [-0.05, 0) is 50.0 Å². The van der Waals surface area contributed by atoms with Crippen molar-refractivity contribution in [2.24, 2.45) is 23.5 Å². The Morgan fingerprint density at radius 1 is 1.38 bits per heavy atom. The molecule has 37 heavy (non-hydrogen) atoms. The number of thioether (sulfide) groups is 1. The normalized spacial score (nSPS) is 32.2. The number of carbonyl (C=O) groups excluding carboxylic acids is 3. The van der Waals surface area contributed by atoms with Crippen LogP contribution in [-0.4, -0.2) is 96.3 Å². The lowest BCUT2D eigenvalue weighted by atomic mass is 9.78. The summed E-state index contributed by atoms with van der Waals surface area (Å²) in [6.45, 7) is 10.4. The zero-order valence-corrected chi connectivity index (χ0v) is 22.6. The summed E-state index contributed by atoms with van der Waals surface area (Å²) in [5.41, 5.74) is 6.00. The summed E-state index contributed by atoms with van der Waals surface area (Å²) in [5, 5.41) is 17.4. The first-order valence-electron chi connectivity index (χ1n) is 13.0. The maximum absolute atomic E-state index is 13.1. The largest absolute Gasteiger partial charge is 0.351 e. The molecule has 4 aliphatic rings. The minimum atomic E-state index is -0.295. The van der Waals surface area contributed by atoms with Crippen molar-refractivity contribution in [2.45, 2.75) is 76.0 Å². The highest BCUT2D eigenvalue weighted by Gasteiger charge is 2.56. The molecule has 5 heterocycles. The number of hydrogen-bond acceptors (Lipinski definition) is 9. The summed E-state index contributed by atoms with van der Waals surface area (Å²) in [6.07, 6.45) is 5.07. The molecule has 0 spiro atoms. The van der Waals surface area contributed by atoms with Crippen molar-refractivity contribution >= 4 is 29.5 Å². The molecule has 202 valence electrons. The van der Waals surface area contributed by atoms with E-state index in [0.717, 1.165) is 32.5 Å². The van der Waals surface area contributed by atoms with Crippen molar-refractivity contribution in [3.8, 4) is 0 Å². The fraction of sp³-hybridized carbons (Fsp3) is 0.750. The van der Waals surface area contributed by atoms with E-state index in [-0.39, 0.29) is 65.0 Å². The van der Waals surface area contributed by atoms with Crippen LogP contribution in [0.1, 0.15) is 40.5 Å². The number of fused-ring (bicyclic) bond motifs is 1. The van der Waals surface area contributed by atoms with Gasteiger partial charge in [0.25, 0.3) is 0 Å². The number of tetrazole rings is 1. The van der Waals surface area contributed by atoms with E-state index in [1.54, 1.807) is 11.8 Å². The number of carbonyl (C=O) groups is 3. The van der Waals surface area contributed by atoms with Gasteiger partial charge in [-0.15, -0.1) is 16.9 Å². The number of nitrogens with one attached hydrogen (secondary N) is 2. The van der Waals surface area contributed by atoms with E-state index in [1.807, 2.05) is 36.8 Å². The number of amides is 3. The zero-order chi connectivity index (χ0) is 26.5. The Kier molecular flexibility index (Phi) is 7.05. The van der Waals surface area contributed by atoms with Crippen LogP contribution in [0.3, 0.4) is 0 Å². The fourth-order valence-electron chi connectivity index (χ4n) is 6.08. The monoisotopic (exact) mass is 531 g/mol. The van der Waals surface area contributed by atoms with Crippen LogP contribution in [0.2, 0.25) is 0 Å². The van der Waals surface area contributed by atoms with E-state index in [1.165, 1.54) is 15.9 Å². The zero-order valence-electron chi connectivity index (χ0n) is 21.8. The molecule has 0 radical (unpaired) electrons. The van der Waals surface area contributed by atoms with Crippen molar-refractivity contribution in [3.05, 3.63) is 17.4 Å². The van der Waals surface area contributed by atoms with E-state index in [2.05, 4.69) is 33.1 Å². The molecule has 0 aromatic carbocycles. The smallest absolute Gasteiger partial charge is 0.242 e. The lowest BCUT2D eigenvalue weighted by molar-refractivity contribution is -0.153. The number of nitrogens with zero attached hydrogens (tertiary/aromatic N) is 6. The summed E-state index contributed by atoms with van der Waals surface area (Å²) in [7, 11) is 0. The molecule has 12 nitrogen and oxygen atoms in total. The summed E-state index contributed by atoms with van der Waals surface area (Å²) < 4.78 is 1.35. The van der Waals surface area contributed by atoms with Gasteiger partial charge in [0.1, 0.15) is 12.9 Å². The average Bonchev–Trinajstić information content (AvgIpc) is 3.62. The number of hydrogen-bond donors (Lipinski definition) is 3. The topological polar surface area (TPSA) is 151 Å². The summed E-state index contributed by atoms with van der Waals surface area (Å²) in [5.74, 6) is 0.210. The summed E-state index contributed by atoms with van der Waals surface area (Å²) in [4.78, 5) is 43.4. The molecule has 3 saturated heterocycles. The van der Waals surface area contributed by atoms with Gasteiger partial charge >= 0.3 is 0 Å². The Morgan fingerprint density at radius 2 is 2.16 bits per heavy atom. The molecule has 0 aliphatic carbocycles. The SMILES string of the molecule is C[C@@H](NC(=O)Cn1cnnn1)[C@H]1C(=O)N2C=C(S[C@@H]3CN[C@H](C(=O)N4CCC(C(C)(C)N)C4)C3)[C@H](C)[C@H]12. The molecular formula is C24H37N9O3S. The molecule has 0 saturated carbocycles. The second kappa shape index (κ2) is 9.99. The maximum Gasteiger partial charge on any atom is 0.242 e. The van der Waals surface area contributed by atoms with Crippen molar-refractivity contribution in [2.75, 3.05) is 19.6 Å². The number of likely N-dealkylation sites (tertiary alicyclic amines) is 1. The third-order valence-electron chi connectivity index (χ3n) is 8.32. The van der Waals surface area contributed by atoms with Crippen LogP contribution >= 0.6 is 11.8 Å². The number of nitrogens with two attached hydrogens (primary N) is 1. The Morgan fingerprint density at radius 3 is 2.84 bits per heavy atom. The number of rotatable bonds is 8. The van der Waals surface area contributed by atoms with Gasteiger partial charge in [-0.3, -0.25) is 14.4 Å². The van der Waals surface area contributed by atoms with Crippen LogP contribution < -0.4 is 16.4 Å². The molecule has 4 aliphatic heterocycles. The van der Waals surface area contributed by atoms with E-state index < -0.39 is 0 Å². The van der Waals surface area contributed by atoms with Gasteiger partial charge in [0.05, 0.1) is 18.0 Å². The fourth-order valence-corrected chi connectivity index (χ4v) is 7.46. The van der Waals surface area contributed by atoms with Crippen LogP contribution in [-0.2, 0) is 20.9 Å². The average molecular weight is 532 g/mol. The molecule has 5 rings (SSSR count). The number of β-lactam (4-membered cyclic amide) rings is 1. The molecule has 4 N–H and O–H groups in total. The predicted molar refractivity (Wildman–Crippen MR) is 138 cm³/mol. The van der Waals surface area contributed by atoms with Gasteiger partial charge < -0.3 is 26.2 Å². The highest BCUT2D eigenvalue weighted by molar-refractivity contribution is 8.03. The first-order chi connectivity index (χ1) is 17.5. The molecular weight excluding hydrogens is 494 g/mol. The summed E-state index contributed by atoms with van der Waals surface area (Å²) in [6, 6.07) is -0.432. The van der Waals surface area contributed by atoms with E-state index in [4.69, 9.17) is 5.73 Å². The lowest BCUT2D eigenvalue weighted by Crippen LogP contribution is -2.64. The van der Waals surface area contributed by atoms with Crippen LogP contribution in [0, 0.1) is 17.8 Å². The van der Waals surface area contributed by atoms with Crippen LogP contribution in [0.25, 0.3) is 0 Å². The van der Waals surface area contributed by atoms with Gasteiger partial charge in [-0.1, -0.05) is 6.92 Å². The first kappa shape index (κ1) is 26.1. The third-order valence-corrected chi connectivity index (χ3v) is 9.77. The lowest BCUT2D eigenvalue weighted by Gasteiger charge is -2.46.